The summed E-state index contributed by atoms with van der Waals surface area (Å²) in [7, 11) is 0. The molecule has 2 aliphatic heterocycles. The highest BCUT2D eigenvalue weighted by atomic mass is 35.5. The summed E-state index contributed by atoms with van der Waals surface area (Å²) in [5.41, 5.74) is 0.562. The van der Waals surface area contributed by atoms with E-state index < -0.39 is 34.6 Å². The lowest BCUT2D eigenvalue weighted by molar-refractivity contribution is -0.172. The minimum Gasteiger partial charge on any atom is -0.458 e. The first kappa shape index (κ1) is 26.6. The fourth-order valence-electron chi connectivity index (χ4n) is 6.64. The molecule has 2 atom stereocenters. The lowest BCUT2D eigenvalue weighted by atomic mass is 9.83. The molecule has 4 heterocycles. The summed E-state index contributed by atoms with van der Waals surface area (Å²) >= 11 is 6.44. The number of aryl methyl sites for hydroxylation is 1. The van der Waals surface area contributed by atoms with Crippen LogP contribution in [0, 0.1) is 5.82 Å². The normalized spacial score (nSPS) is 23.0. The number of ether oxygens (including phenoxy) is 2. The molecule has 0 spiro atoms. The van der Waals surface area contributed by atoms with Crippen molar-refractivity contribution in [2.24, 2.45) is 0 Å². The topological polar surface area (TPSA) is 120 Å². The number of nitrogens with one attached hydrogen (secondary N) is 1. The monoisotopic (exact) mass is 581 g/mol. The number of pyridine rings is 2. The number of cyclic esters (lactones) is 1. The Morgan fingerprint density at radius 3 is 2.76 bits per heavy atom. The third-order valence-corrected chi connectivity index (χ3v) is 9.46. The number of aliphatic hydroxyl groups is 1. The highest BCUT2D eigenvalue weighted by Gasteiger charge is 2.52. The predicted octanol–water partition coefficient (Wildman–Crippen LogP) is 3.93. The van der Waals surface area contributed by atoms with Crippen molar-refractivity contribution in [1.29, 1.82) is 0 Å². The number of esters is 1. The van der Waals surface area contributed by atoms with Crippen LogP contribution < -0.4 is 10.9 Å². The Labute approximate surface area is 239 Å². The van der Waals surface area contributed by atoms with Gasteiger partial charge < -0.3 is 24.5 Å². The van der Waals surface area contributed by atoms with Gasteiger partial charge in [0, 0.05) is 29.2 Å². The van der Waals surface area contributed by atoms with Gasteiger partial charge in [0.15, 0.2) is 5.60 Å². The van der Waals surface area contributed by atoms with Crippen molar-refractivity contribution in [3.05, 3.63) is 61.1 Å². The molecule has 0 radical (unpaired) electrons. The lowest BCUT2D eigenvalue weighted by Crippen LogP contribution is -2.44. The van der Waals surface area contributed by atoms with Gasteiger partial charge in [-0.15, -0.1) is 0 Å². The second-order valence-corrected chi connectivity index (χ2v) is 11.8. The molecular weight excluding hydrogens is 553 g/mol. The van der Waals surface area contributed by atoms with E-state index in [-0.39, 0.29) is 41.6 Å². The maximum atomic E-state index is 15.0. The molecule has 1 fully saturated rings. The molecule has 0 saturated heterocycles. The fraction of sp³-hybridized carbons (Fsp3) is 0.467. The van der Waals surface area contributed by atoms with Crippen LogP contribution in [0.5, 0.6) is 0 Å². The van der Waals surface area contributed by atoms with Crippen LogP contribution in [-0.2, 0) is 44.2 Å². The van der Waals surface area contributed by atoms with E-state index in [4.69, 9.17) is 26.1 Å². The molecule has 3 aromatic rings. The Kier molecular flexibility index (Phi) is 5.88. The fourth-order valence-corrected chi connectivity index (χ4v) is 6.88. The van der Waals surface area contributed by atoms with Crippen LogP contribution in [0.2, 0.25) is 5.02 Å². The zero-order valence-electron chi connectivity index (χ0n) is 22.7. The highest BCUT2D eigenvalue weighted by Crippen LogP contribution is 2.48. The number of benzene rings is 1. The quantitative estimate of drug-likeness (QED) is 0.331. The van der Waals surface area contributed by atoms with Crippen molar-refractivity contribution < 1.29 is 28.6 Å². The maximum absolute atomic E-state index is 15.0. The molecule has 2 N–H and O–H groups in total. The van der Waals surface area contributed by atoms with Crippen LogP contribution >= 0.6 is 11.6 Å². The first-order chi connectivity index (χ1) is 19.6. The lowest BCUT2D eigenvalue weighted by Gasteiger charge is -2.31. The van der Waals surface area contributed by atoms with Gasteiger partial charge in [0.1, 0.15) is 18.0 Å². The van der Waals surface area contributed by atoms with Crippen LogP contribution in [0.25, 0.3) is 22.3 Å². The van der Waals surface area contributed by atoms with E-state index in [1.807, 2.05) is 6.92 Å². The SMILES string of the molecule is CCCOC1(C(=O)N[C@H]2CCc3c(Cl)c(F)cc4nc5c(c2c34)Cn2c-5cc3c(c2=O)COC(=O)[C@]3(O)CC)CC1. The van der Waals surface area contributed by atoms with Gasteiger partial charge in [0.05, 0.1) is 40.1 Å². The van der Waals surface area contributed by atoms with Gasteiger partial charge in [-0.2, -0.15) is 0 Å². The van der Waals surface area contributed by atoms with Crippen LogP contribution in [0.3, 0.4) is 0 Å². The summed E-state index contributed by atoms with van der Waals surface area (Å²) in [6, 6.07) is 2.47. The van der Waals surface area contributed by atoms with E-state index in [9.17, 15) is 23.9 Å². The summed E-state index contributed by atoms with van der Waals surface area (Å²) in [4.78, 5) is 44.6. The van der Waals surface area contributed by atoms with Gasteiger partial charge in [0.25, 0.3) is 11.5 Å². The third kappa shape index (κ3) is 3.66. The van der Waals surface area contributed by atoms with E-state index in [0.717, 1.165) is 17.5 Å². The second kappa shape index (κ2) is 9.08. The first-order valence-corrected chi connectivity index (χ1v) is 14.5. The van der Waals surface area contributed by atoms with E-state index in [1.54, 1.807) is 17.6 Å². The maximum Gasteiger partial charge on any atom is 0.343 e. The van der Waals surface area contributed by atoms with Gasteiger partial charge >= 0.3 is 5.97 Å². The van der Waals surface area contributed by atoms with Crippen LogP contribution in [0.1, 0.15) is 79.8 Å². The van der Waals surface area contributed by atoms with Gasteiger partial charge in [0.2, 0.25) is 0 Å². The van der Waals surface area contributed by atoms with E-state index in [1.165, 1.54) is 6.07 Å². The first-order valence-electron chi connectivity index (χ1n) is 14.1. The number of amides is 1. The standard InChI is InChI=1S/C30H29ClFN3O6/c1-3-9-41-29(7-8-29)27(37)34-19-6-5-14-22-20(11-18(32)24(14)31)33-25-15(23(19)22)12-35-21(25)10-17-16(26(35)36)13-40-28(38)30(17,39)4-2/h10-11,19,39H,3-9,12-13H2,1-2H3,(H,34,37)/t19-,30-/m0/s1. The van der Waals surface area contributed by atoms with E-state index in [2.05, 4.69) is 5.32 Å². The highest BCUT2D eigenvalue weighted by molar-refractivity contribution is 6.32. The van der Waals surface area contributed by atoms with Gasteiger partial charge in [-0.25, -0.2) is 14.2 Å². The number of hydrogen-bond donors (Lipinski definition) is 2. The third-order valence-electron chi connectivity index (χ3n) is 9.05. The van der Waals surface area contributed by atoms with Crippen LogP contribution in [0.15, 0.2) is 16.9 Å². The summed E-state index contributed by atoms with van der Waals surface area (Å²) in [5, 5.41) is 15.1. The van der Waals surface area contributed by atoms with Gasteiger partial charge in [-0.05, 0) is 55.7 Å². The molecule has 0 unspecified atom stereocenters. The van der Waals surface area contributed by atoms with Gasteiger partial charge in [-0.3, -0.25) is 9.59 Å². The second-order valence-electron chi connectivity index (χ2n) is 11.4. The predicted molar refractivity (Wildman–Crippen MR) is 147 cm³/mol. The number of rotatable bonds is 6. The Bertz CT molecular complexity index is 1750. The molecule has 2 aromatic heterocycles. The van der Waals surface area contributed by atoms with Crippen molar-refractivity contribution in [3.8, 4) is 11.4 Å². The summed E-state index contributed by atoms with van der Waals surface area (Å²) in [6.45, 7) is 4.05. The van der Waals surface area contributed by atoms with Crippen molar-refractivity contribution in [2.45, 2.75) is 82.8 Å². The zero-order valence-corrected chi connectivity index (χ0v) is 23.5. The number of halogens is 2. The Morgan fingerprint density at radius 1 is 1.27 bits per heavy atom. The van der Waals surface area contributed by atoms with Crippen molar-refractivity contribution in [1.82, 2.24) is 14.9 Å². The van der Waals surface area contributed by atoms with Gasteiger partial charge in [-0.1, -0.05) is 25.4 Å². The molecule has 4 aliphatic rings. The molecule has 1 saturated carbocycles. The summed E-state index contributed by atoms with van der Waals surface area (Å²) in [5.74, 6) is -1.58. The molecule has 9 nitrogen and oxygen atoms in total. The minimum atomic E-state index is -1.96. The molecule has 1 amide bonds. The Morgan fingerprint density at radius 2 is 2.05 bits per heavy atom. The average Bonchev–Trinajstić information content (AvgIpc) is 3.67. The number of aromatic nitrogens is 2. The molecule has 1 aromatic carbocycles. The number of nitrogens with zero attached hydrogens (tertiary/aromatic N) is 2. The van der Waals surface area contributed by atoms with Crippen molar-refractivity contribution in [2.75, 3.05) is 6.61 Å². The van der Waals surface area contributed by atoms with Crippen molar-refractivity contribution in [3.63, 3.8) is 0 Å². The number of fused-ring (bicyclic) bond motifs is 5. The largest absolute Gasteiger partial charge is 0.458 e. The number of carbonyl (C=O) groups is 2. The number of carbonyl (C=O) groups excluding carboxylic acids is 2. The molecule has 0 bridgehead atoms. The Balaban J connectivity index is 1.42. The van der Waals surface area contributed by atoms with E-state index >= 15 is 0 Å². The molecule has 7 rings (SSSR count). The number of hydrogen-bond acceptors (Lipinski definition) is 7. The minimum absolute atomic E-state index is 0.0218. The molecule has 214 valence electrons. The molecule has 2 aliphatic carbocycles. The van der Waals surface area contributed by atoms with Crippen molar-refractivity contribution >= 4 is 34.4 Å². The van der Waals surface area contributed by atoms with Crippen LogP contribution in [0.4, 0.5) is 4.39 Å². The zero-order chi connectivity index (χ0) is 28.8. The molecule has 11 heteroatoms. The van der Waals surface area contributed by atoms with E-state index in [0.29, 0.717) is 60.1 Å². The Hall–Kier alpha value is -3.34. The smallest absolute Gasteiger partial charge is 0.343 e. The summed E-state index contributed by atoms with van der Waals surface area (Å²) < 4.78 is 27.6. The summed E-state index contributed by atoms with van der Waals surface area (Å²) in [6.07, 6.45) is 3.05. The average molecular weight is 582 g/mol. The molecular formula is C30H29ClFN3O6. The molecule has 41 heavy (non-hydrogen) atoms. The van der Waals surface area contributed by atoms with Crippen LogP contribution in [-0.4, -0.2) is 38.7 Å².